The molecule has 0 aromatic carbocycles. The lowest BCUT2D eigenvalue weighted by Crippen LogP contribution is -2.24. The van der Waals surface area contributed by atoms with E-state index < -0.39 is 7.82 Å². The third-order valence-electron chi connectivity index (χ3n) is 2.83. The van der Waals surface area contributed by atoms with Gasteiger partial charge in [-0.3, -0.25) is 13.8 Å². The highest BCUT2D eigenvalue weighted by atomic mass is 31.2. The molecule has 120 valence electrons. The summed E-state index contributed by atoms with van der Waals surface area (Å²) in [5.74, 6) is 0.665. The average Bonchev–Trinajstić information content (AvgIpc) is 2.39. The molecule has 0 saturated heterocycles. The third kappa shape index (κ3) is 12.6. The van der Waals surface area contributed by atoms with Crippen LogP contribution < -0.4 is 5.32 Å². The maximum absolute atomic E-state index is 11.4. The van der Waals surface area contributed by atoms with Crippen LogP contribution in [0.25, 0.3) is 0 Å². The van der Waals surface area contributed by atoms with Crippen molar-refractivity contribution in [1.82, 2.24) is 5.32 Å². The van der Waals surface area contributed by atoms with E-state index >= 15 is 0 Å². The van der Waals surface area contributed by atoms with Crippen LogP contribution in [0.1, 0.15) is 52.4 Å². The fourth-order valence-electron chi connectivity index (χ4n) is 1.55. The standard InChI is InChI=1S/C13H28NO5P/c1-12(2)8-9-13(15)14-10-6-4-5-7-11-19-20(16,17)18-3/h12H,4-11H2,1-3H3,(H,14,15)(H,16,17). The molecule has 0 fully saturated rings. The van der Waals surface area contributed by atoms with Crippen LogP contribution >= 0.6 is 7.82 Å². The zero-order chi connectivity index (χ0) is 15.4. The molecule has 0 spiro atoms. The number of amides is 1. The Bertz CT molecular complexity index is 309. The highest BCUT2D eigenvalue weighted by Gasteiger charge is 2.17. The number of phosphoric acid groups is 1. The number of hydrogen-bond donors (Lipinski definition) is 2. The lowest BCUT2D eigenvalue weighted by atomic mass is 10.1. The first-order valence-electron chi connectivity index (χ1n) is 7.17. The van der Waals surface area contributed by atoms with Gasteiger partial charge >= 0.3 is 7.82 Å². The van der Waals surface area contributed by atoms with Gasteiger partial charge in [0.15, 0.2) is 0 Å². The van der Waals surface area contributed by atoms with Gasteiger partial charge in [0.05, 0.1) is 6.61 Å². The Balaban J connectivity index is 3.33. The minimum Gasteiger partial charge on any atom is -0.356 e. The van der Waals surface area contributed by atoms with Crippen LogP contribution in [-0.2, 0) is 18.4 Å². The van der Waals surface area contributed by atoms with E-state index in [4.69, 9.17) is 9.42 Å². The van der Waals surface area contributed by atoms with Crippen LogP contribution in [0.3, 0.4) is 0 Å². The molecule has 7 heteroatoms. The van der Waals surface area contributed by atoms with Gasteiger partial charge in [-0.2, -0.15) is 0 Å². The summed E-state index contributed by atoms with van der Waals surface area (Å²) in [5, 5.41) is 2.89. The molecule has 0 heterocycles. The number of rotatable bonds is 12. The molecule has 0 saturated carbocycles. The van der Waals surface area contributed by atoms with E-state index in [0.29, 0.717) is 25.3 Å². The Labute approximate surface area is 121 Å². The summed E-state index contributed by atoms with van der Waals surface area (Å²) in [5.41, 5.74) is 0. The van der Waals surface area contributed by atoms with Crippen molar-refractivity contribution in [2.45, 2.75) is 52.4 Å². The highest BCUT2D eigenvalue weighted by Crippen LogP contribution is 2.41. The van der Waals surface area contributed by atoms with E-state index in [0.717, 1.165) is 32.8 Å². The Morgan fingerprint density at radius 1 is 1.25 bits per heavy atom. The smallest absolute Gasteiger partial charge is 0.356 e. The van der Waals surface area contributed by atoms with E-state index in [1.807, 2.05) is 0 Å². The molecular weight excluding hydrogens is 281 g/mol. The predicted molar refractivity (Wildman–Crippen MR) is 78.3 cm³/mol. The molecule has 20 heavy (non-hydrogen) atoms. The average molecular weight is 309 g/mol. The predicted octanol–water partition coefficient (Wildman–Crippen LogP) is 2.86. The van der Waals surface area contributed by atoms with Gasteiger partial charge in [0.1, 0.15) is 0 Å². The number of phosphoric ester groups is 1. The van der Waals surface area contributed by atoms with Crippen molar-refractivity contribution in [1.29, 1.82) is 0 Å². The second kappa shape index (κ2) is 11.3. The van der Waals surface area contributed by atoms with Gasteiger partial charge in [-0.1, -0.05) is 26.7 Å². The van der Waals surface area contributed by atoms with Crippen LogP contribution in [0.5, 0.6) is 0 Å². The first-order valence-corrected chi connectivity index (χ1v) is 8.66. The topological polar surface area (TPSA) is 84.9 Å². The lowest BCUT2D eigenvalue weighted by Gasteiger charge is -2.09. The molecule has 0 aliphatic rings. The summed E-state index contributed by atoms with van der Waals surface area (Å²) in [6.07, 6.45) is 4.98. The molecule has 1 amide bonds. The molecule has 1 atom stereocenters. The largest absolute Gasteiger partial charge is 0.471 e. The minimum atomic E-state index is -3.82. The van der Waals surface area contributed by atoms with Crippen LogP contribution in [-0.4, -0.2) is 31.1 Å². The van der Waals surface area contributed by atoms with Crippen molar-refractivity contribution in [3.63, 3.8) is 0 Å². The van der Waals surface area contributed by atoms with Gasteiger partial charge in [0, 0.05) is 20.1 Å². The molecule has 0 rings (SSSR count). The Morgan fingerprint density at radius 2 is 1.90 bits per heavy atom. The number of nitrogens with one attached hydrogen (secondary N) is 1. The quantitative estimate of drug-likeness (QED) is 0.428. The van der Waals surface area contributed by atoms with E-state index in [-0.39, 0.29) is 12.5 Å². The molecule has 0 aromatic heterocycles. The van der Waals surface area contributed by atoms with Gasteiger partial charge in [0.25, 0.3) is 0 Å². The molecule has 0 aliphatic heterocycles. The van der Waals surface area contributed by atoms with Gasteiger partial charge in [-0.15, -0.1) is 0 Å². The summed E-state index contributed by atoms with van der Waals surface area (Å²) in [6.45, 7) is 5.10. The third-order valence-corrected chi connectivity index (χ3v) is 3.80. The fraction of sp³-hybridized carbons (Fsp3) is 0.923. The van der Waals surface area contributed by atoms with Crippen LogP contribution in [0.15, 0.2) is 0 Å². The van der Waals surface area contributed by atoms with E-state index in [1.165, 1.54) is 0 Å². The molecule has 0 radical (unpaired) electrons. The van der Waals surface area contributed by atoms with E-state index in [9.17, 15) is 9.36 Å². The molecule has 2 N–H and O–H groups in total. The maximum Gasteiger partial charge on any atom is 0.471 e. The molecular formula is C13H28NO5P. The summed E-state index contributed by atoms with van der Waals surface area (Å²) in [7, 11) is -2.68. The zero-order valence-corrected chi connectivity index (χ0v) is 13.7. The molecule has 0 bridgehead atoms. The SMILES string of the molecule is COP(=O)(O)OCCCCCCNC(=O)CCC(C)C. The highest BCUT2D eigenvalue weighted by molar-refractivity contribution is 7.47. The van der Waals surface area contributed by atoms with Crippen LogP contribution in [0.2, 0.25) is 0 Å². The Kier molecular flexibility index (Phi) is 11.0. The fourth-order valence-corrected chi connectivity index (χ4v) is 2.01. The normalized spacial score (nSPS) is 14.2. The van der Waals surface area contributed by atoms with Crippen molar-refractivity contribution >= 4 is 13.7 Å². The molecule has 0 aromatic rings. The van der Waals surface area contributed by atoms with E-state index in [1.54, 1.807) is 0 Å². The minimum absolute atomic E-state index is 0.114. The number of hydrogen-bond acceptors (Lipinski definition) is 4. The Hall–Kier alpha value is -0.420. The second-order valence-electron chi connectivity index (χ2n) is 5.18. The van der Waals surface area contributed by atoms with Gasteiger partial charge in [-0.25, -0.2) is 4.57 Å². The zero-order valence-electron chi connectivity index (χ0n) is 12.8. The monoisotopic (exact) mass is 309 g/mol. The van der Waals surface area contributed by atoms with Crippen molar-refractivity contribution in [3.05, 3.63) is 0 Å². The van der Waals surface area contributed by atoms with Crippen LogP contribution in [0.4, 0.5) is 0 Å². The van der Waals surface area contributed by atoms with Crippen molar-refractivity contribution in [3.8, 4) is 0 Å². The van der Waals surface area contributed by atoms with E-state index in [2.05, 4.69) is 23.7 Å². The van der Waals surface area contributed by atoms with Gasteiger partial charge in [-0.05, 0) is 25.2 Å². The number of carbonyl (C=O) groups is 1. The lowest BCUT2D eigenvalue weighted by molar-refractivity contribution is -0.121. The summed E-state index contributed by atoms with van der Waals surface area (Å²) < 4.78 is 20.0. The summed E-state index contributed by atoms with van der Waals surface area (Å²) in [4.78, 5) is 20.4. The summed E-state index contributed by atoms with van der Waals surface area (Å²) in [6, 6.07) is 0. The molecule has 6 nitrogen and oxygen atoms in total. The maximum atomic E-state index is 11.4. The second-order valence-corrected chi connectivity index (χ2v) is 6.74. The molecule has 1 unspecified atom stereocenters. The van der Waals surface area contributed by atoms with Crippen LogP contribution in [0, 0.1) is 5.92 Å². The first kappa shape index (κ1) is 19.6. The van der Waals surface area contributed by atoms with Gasteiger partial charge < -0.3 is 10.2 Å². The van der Waals surface area contributed by atoms with Crippen molar-refractivity contribution < 1.29 is 23.3 Å². The molecule has 0 aliphatic carbocycles. The number of unbranched alkanes of at least 4 members (excludes halogenated alkanes) is 3. The summed E-state index contributed by atoms with van der Waals surface area (Å²) >= 11 is 0. The number of carbonyl (C=O) groups excluding carboxylic acids is 1. The van der Waals surface area contributed by atoms with Gasteiger partial charge in [0.2, 0.25) is 5.91 Å². The van der Waals surface area contributed by atoms with Crippen molar-refractivity contribution in [2.75, 3.05) is 20.3 Å². The first-order chi connectivity index (χ1) is 9.37. The Morgan fingerprint density at radius 3 is 2.50 bits per heavy atom. The van der Waals surface area contributed by atoms with Crippen molar-refractivity contribution in [2.24, 2.45) is 5.92 Å².